The van der Waals surface area contributed by atoms with E-state index < -0.39 is 0 Å². The van der Waals surface area contributed by atoms with Crippen molar-refractivity contribution in [2.24, 2.45) is 0 Å². The molecule has 2 aromatic carbocycles. The Morgan fingerprint density at radius 1 is 0.889 bits per heavy atom. The van der Waals surface area contributed by atoms with Crippen LogP contribution in [-0.2, 0) is 6.54 Å². The molecule has 0 saturated carbocycles. The lowest BCUT2D eigenvalue weighted by Crippen LogP contribution is -1.97. The van der Waals surface area contributed by atoms with Crippen LogP contribution in [0.25, 0.3) is 22.2 Å². The zero-order valence-electron chi connectivity index (χ0n) is 10.9. The van der Waals surface area contributed by atoms with E-state index in [2.05, 4.69) is 73.0 Å². The summed E-state index contributed by atoms with van der Waals surface area (Å²) in [6, 6.07) is 19.3. The van der Waals surface area contributed by atoms with Crippen LogP contribution in [0.4, 0.5) is 0 Å². The van der Waals surface area contributed by atoms with Gasteiger partial charge in [0, 0.05) is 17.4 Å². The van der Waals surface area contributed by atoms with E-state index in [1.54, 1.807) is 0 Å². The second kappa shape index (κ2) is 4.34. The number of para-hydroxylation sites is 1. The fourth-order valence-corrected chi connectivity index (χ4v) is 2.77. The van der Waals surface area contributed by atoms with Crippen molar-refractivity contribution in [2.45, 2.75) is 20.4 Å². The van der Waals surface area contributed by atoms with Gasteiger partial charge in [-0.15, -0.1) is 0 Å². The molecule has 0 radical (unpaired) electrons. The van der Waals surface area contributed by atoms with Crippen molar-refractivity contribution in [3.8, 4) is 11.3 Å². The molecule has 3 rings (SSSR count). The van der Waals surface area contributed by atoms with Gasteiger partial charge in [-0.25, -0.2) is 0 Å². The van der Waals surface area contributed by atoms with Gasteiger partial charge >= 0.3 is 0 Å². The van der Waals surface area contributed by atoms with Crippen molar-refractivity contribution >= 4 is 10.9 Å². The monoisotopic (exact) mass is 235 g/mol. The summed E-state index contributed by atoms with van der Waals surface area (Å²) in [6.07, 6.45) is 0. The molecular formula is C17H17N. The number of aryl methyl sites for hydroxylation is 2. The molecule has 1 nitrogen and oxygen atoms in total. The van der Waals surface area contributed by atoms with Gasteiger partial charge in [0.1, 0.15) is 0 Å². The van der Waals surface area contributed by atoms with Gasteiger partial charge < -0.3 is 4.57 Å². The van der Waals surface area contributed by atoms with E-state index in [1.165, 1.54) is 27.7 Å². The zero-order chi connectivity index (χ0) is 12.5. The SMILES string of the molecule is CCn1c(-c2ccccc2)c(C)c2ccccc21. The highest BCUT2D eigenvalue weighted by atomic mass is 15.0. The quantitative estimate of drug-likeness (QED) is 0.610. The van der Waals surface area contributed by atoms with Crippen LogP contribution in [0.5, 0.6) is 0 Å². The standard InChI is InChI=1S/C17H17N/c1-3-18-16-12-8-7-11-15(16)13(2)17(18)14-9-5-4-6-10-14/h4-12H,3H2,1-2H3. The maximum atomic E-state index is 2.40. The van der Waals surface area contributed by atoms with Crippen LogP contribution < -0.4 is 0 Å². The summed E-state index contributed by atoms with van der Waals surface area (Å²) in [5, 5.41) is 1.36. The van der Waals surface area contributed by atoms with Crippen LogP contribution in [0.2, 0.25) is 0 Å². The molecule has 3 aromatic rings. The summed E-state index contributed by atoms with van der Waals surface area (Å²) in [6.45, 7) is 5.42. The molecule has 0 spiro atoms. The van der Waals surface area contributed by atoms with Gasteiger partial charge in [-0.05, 0) is 31.0 Å². The first-order chi connectivity index (χ1) is 8.83. The summed E-state index contributed by atoms with van der Waals surface area (Å²) in [7, 11) is 0. The van der Waals surface area contributed by atoms with Crippen molar-refractivity contribution in [1.29, 1.82) is 0 Å². The Balaban J connectivity index is 2.38. The molecular weight excluding hydrogens is 218 g/mol. The average molecular weight is 235 g/mol. The summed E-state index contributed by atoms with van der Waals surface area (Å²) in [4.78, 5) is 0. The second-order valence-corrected chi connectivity index (χ2v) is 4.60. The number of rotatable bonds is 2. The van der Waals surface area contributed by atoms with Gasteiger partial charge in [0.2, 0.25) is 0 Å². The van der Waals surface area contributed by atoms with Crippen LogP contribution in [0, 0.1) is 6.92 Å². The van der Waals surface area contributed by atoms with Crippen molar-refractivity contribution in [2.75, 3.05) is 0 Å². The van der Waals surface area contributed by atoms with E-state index in [0.29, 0.717) is 0 Å². The molecule has 0 N–H and O–H groups in total. The van der Waals surface area contributed by atoms with Crippen LogP contribution in [0.3, 0.4) is 0 Å². The van der Waals surface area contributed by atoms with E-state index >= 15 is 0 Å². The molecule has 18 heavy (non-hydrogen) atoms. The second-order valence-electron chi connectivity index (χ2n) is 4.60. The summed E-state index contributed by atoms with van der Waals surface area (Å²) < 4.78 is 2.40. The lowest BCUT2D eigenvalue weighted by molar-refractivity contribution is 0.803. The molecule has 0 amide bonds. The van der Waals surface area contributed by atoms with Gasteiger partial charge in [-0.1, -0.05) is 48.5 Å². The fraction of sp³-hybridized carbons (Fsp3) is 0.176. The highest BCUT2D eigenvalue weighted by Gasteiger charge is 2.13. The molecule has 1 heterocycles. The lowest BCUT2D eigenvalue weighted by atomic mass is 10.1. The highest BCUT2D eigenvalue weighted by Crippen LogP contribution is 2.32. The first-order valence-electron chi connectivity index (χ1n) is 6.46. The Morgan fingerprint density at radius 2 is 1.56 bits per heavy atom. The Morgan fingerprint density at radius 3 is 2.28 bits per heavy atom. The van der Waals surface area contributed by atoms with Crippen molar-refractivity contribution in [3.63, 3.8) is 0 Å². The molecule has 0 atom stereocenters. The molecule has 0 unspecified atom stereocenters. The Kier molecular flexibility index (Phi) is 2.67. The molecule has 0 bridgehead atoms. The van der Waals surface area contributed by atoms with E-state index in [-0.39, 0.29) is 0 Å². The third-order valence-electron chi connectivity index (χ3n) is 3.59. The molecule has 90 valence electrons. The Bertz CT molecular complexity index is 677. The van der Waals surface area contributed by atoms with Gasteiger partial charge in [-0.2, -0.15) is 0 Å². The molecule has 1 heteroatoms. The predicted octanol–water partition coefficient (Wildman–Crippen LogP) is 4.64. The first kappa shape index (κ1) is 11.1. The normalized spacial score (nSPS) is 11.0. The van der Waals surface area contributed by atoms with Crippen molar-refractivity contribution < 1.29 is 0 Å². The highest BCUT2D eigenvalue weighted by molar-refractivity contribution is 5.91. The predicted molar refractivity (Wildman–Crippen MR) is 77.8 cm³/mol. The minimum absolute atomic E-state index is 0.999. The number of benzene rings is 2. The lowest BCUT2D eigenvalue weighted by Gasteiger charge is -2.09. The van der Waals surface area contributed by atoms with Crippen LogP contribution in [-0.4, -0.2) is 4.57 Å². The Hall–Kier alpha value is -2.02. The maximum absolute atomic E-state index is 2.40. The summed E-state index contributed by atoms with van der Waals surface area (Å²) >= 11 is 0. The van der Waals surface area contributed by atoms with Crippen LogP contribution in [0.15, 0.2) is 54.6 Å². The largest absolute Gasteiger partial charge is 0.341 e. The number of hydrogen-bond acceptors (Lipinski definition) is 0. The smallest absolute Gasteiger partial charge is 0.0520 e. The van der Waals surface area contributed by atoms with Gasteiger partial charge in [0.25, 0.3) is 0 Å². The van der Waals surface area contributed by atoms with Crippen LogP contribution in [0.1, 0.15) is 12.5 Å². The number of nitrogens with zero attached hydrogens (tertiary/aromatic N) is 1. The van der Waals surface area contributed by atoms with E-state index in [1.807, 2.05) is 0 Å². The van der Waals surface area contributed by atoms with Gasteiger partial charge in [0.15, 0.2) is 0 Å². The fourth-order valence-electron chi connectivity index (χ4n) is 2.77. The number of hydrogen-bond donors (Lipinski definition) is 0. The van der Waals surface area contributed by atoms with Crippen LogP contribution >= 0.6 is 0 Å². The summed E-state index contributed by atoms with van der Waals surface area (Å²) in [5.74, 6) is 0. The third kappa shape index (κ3) is 1.55. The Labute approximate surface area is 108 Å². The maximum Gasteiger partial charge on any atom is 0.0520 e. The zero-order valence-corrected chi connectivity index (χ0v) is 10.9. The van der Waals surface area contributed by atoms with Gasteiger partial charge in [0.05, 0.1) is 5.69 Å². The van der Waals surface area contributed by atoms with Crippen molar-refractivity contribution in [1.82, 2.24) is 4.57 Å². The topological polar surface area (TPSA) is 4.93 Å². The van der Waals surface area contributed by atoms with E-state index in [0.717, 1.165) is 6.54 Å². The molecule has 0 fully saturated rings. The molecule has 0 aliphatic carbocycles. The minimum atomic E-state index is 0.999. The minimum Gasteiger partial charge on any atom is -0.341 e. The molecule has 0 aliphatic heterocycles. The number of aromatic nitrogens is 1. The summed E-state index contributed by atoms with van der Waals surface area (Å²) in [5.41, 5.74) is 5.35. The third-order valence-corrected chi connectivity index (χ3v) is 3.59. The van der Waals surface area contributed by atoms with E-state index in [4.69, 9.17) is 0 Å². The first-order valence-corrected chi connectivity index (χ1v) is 6.46. The van der Waals surface area contributed by atoms with E-state index in [9.17, 15) is 0 Å². The van der Waals surface area contributed by atoms with Crippen molar-refractivity contribution in [3.05, 3.63) is 60.2 Å². The van der Waals surface area contributed by atoms with Gasteiger partial charge in [-0.3, -0.25) is 0 Å². The number of fused-ring (bicyclic) bond motifs is 1. The average Bonchev–Trinajstić information content (AvgIpc) is 2.73. The molecule has 0 saturated heterocycles. The molecule has 1 aromatic heterocycles. The molecule has 0 aliphatic rings.